The second kappa shape index (κ2) is 14.1. The lowest BCUT2D eigenvalue weighted by Gasteiger charge is -2.34. The molecule has 0 fully saturated rings. The third-order valence-corrected chi connectivity index (χ3v) is 5.94. The first-order valence-electron chi connectivity index (χ1n) is 13.0. The Morgan fingerprint density at radius 1 is 1.08 bits per heavy atom. The van der Waals surface area contributed by atoms with Crippen LogP contribution in [0.1, 0.15) is 63.3 Å². The molecule has 0 heterocycles. The fourth-order valence-electron chi connectivity index (χ4n) is 3.98. The lowest BCUT2D eigenvalue weighted by Crippen LogP contribution is -2.52. The molecule has 0 saturated carbocycles. The van der Waals surface area contributed by atoms with Crippen LogP contribution in [0.5, 0.6) is 0 Å². The molecule has 2 aromatic rings. The van der Waals surface area contributed by atoms with Crippen LogP contribution in [-0.2, 0) is 25.5 Å². The van der Waals surface area contributed by atoms with E-state index in [0.29, 0.717) is 11.3 Å². The maximum Gasteiger partial charge on any atom is 0.408 e. The Morgan fingerprint density at radius 2 is 1.72 bits per heavy atom. The van der Waals surface area contributed by atoms with Crippen LogP contribution < -0.4 is 16.4 Å². The number of para-hydroxylation sites is 1. The van der Waals surface area contributed by atoms with Crippen molar-refractivity contribution in [3.8, 4) is 0 Å². The number of anilines is 1. The average Bonchev–Trinajstić information content (AvgIpc) is 2.86. The van der Waals surface area contributed by atoms with E-state index in [2.05, 4.69) is 17.2 Å². The number of nitrogens with zero attached hydrogens (tertiary/aromatic N) is 1. The molecular weight excluding hydrogens is 496 g/mol. The van der Waals surface area contributed by atoms with Gasteiger partial charge in [0.15, 0.2) is 0 Å². The van der Waals surface area contributed by atoms with Crippen LogP contribution in [-0.4, -0.2) is 46.9 Å². The highest BCUT2D eigenvalue weighted by atomic mass is 16.6. The van der Waals surface area contributed by atoms with Gasteiger partial charge >= 0.3 is 6.09 Å². The van der Waals surface area contributed by atoms with Crippen molar-refractivity contribution < 1.29 is 23.9 Å². The van der Waals surface area contributed by atoms with Crippen molar-refractivity contribution in [2.75, 3.05) is 11.9 Å². The molecule has 9 nitrogen and oxygen atoms in total. The van der Waals surface area contributed by atoms with Gasteiger partial charge in [-0.1, -0.05) is 55.5 Å². The van der Waals surface area contributed by atoms with Gasteiger partial charge < -0.3 is 26.0 Å². The number of hydrogen-bond acceptors (Lipinski definition) is 5. The average molecular weight is 537 g/mol. The zero-order valence-corrected chi connectivity index (χ0v) is 23.5. The minimum Gasteiger partial charge on any atom is -0.444 e. The van der Waals surface area contributed by atoms with E-state index in [1.54, 1.807) is 26.8 Å². The van der Waals surface area contributed by atoms with E-state index in [-0.39, 0.29) is 19.4 Å². The van der Waals surface area contributed by atoms with E-state index in [1.807, 2.05) is 56.3 Å². The highest BCUT2D eigenvalue weighted by Gasteiger charge is 2.36. The zero-order valence-electron chi connectivity index (χ0n) is 23.5. The lowest BCUT2D eigenvalue weighted by molar-refractivity contribution is -0.140. The Kier molecular flexibility index (Phi) is 11.3. The summed E-state index contributed by atoms with van der Waals surface area (Å²) in [7, 11) is 0. The van der Waals surface area contributed by atoms with Gasteiger partial charge in [0, 0.05) is 18.7 Å². The second-order valence-electron chi connectivity index (χ2n) is 10.3. The van der Waals surface area contributed by atoms with Crippen molar-refractivity contribution in [3.63, 3.8) is 0 Å². The topological polar surface area (TPSA) is 131 Å². The number of ether oxygens (including phenoxy) is 1. The van der Waals surface area contributed by atoms with Gasteiger partial charge in [0.25, 0.3) is 5.91 Å². The van der Waals surface area contributed by atoms with Crippen LogP contribution in [0.3, 0.4) is 0 Å². The Bertz CT molecular complexity index is 1170. The molecule has 0 bridgehead atoms. The SMILES string of the molecule is C=CCN(C(=O)C(CCC(N)=O)NC(=O)OC(C)(C)C)C(C(=O)Nc1ccccc1C)c1ccc(CC)cc1. The fourth-order valence-corrected chi connectivity index (χ4v) is 3.98. The summed E-state index contributed by atoms with van der Waals surface area (Å²) in [5.41, 5.74) is 7.67. The van der Waals surface area contributed by atoms with Crippen molar-refractivity contribution in [3.05, 3.63) is 77.9 Å². The number of benzene rings is 2. The van der Waals surface area contributed by atoms with Gasteiger partial charge in [-0.05, 0) is 63.3 Å². The normalized spacial score (nSPS) is 12.5. The predicted octanol–water partition coefficient (Wildman–Crippen LogP) is 4.41. The van der Waals surface area contributed by atoms with Crippen molar-refractivity contribution in [1.82, 2.24) is 10.2 Å². The standard InChI is InChI=1S/C30H40N4O5/c1-7-19-34(28(37)24(17-18-25(31)35)33-29(38)39-30(4,5)6)26(22-15-13-21(8-2)14-16-22)27(36)32-23-12-10-9-11-20(23)3/h7,9-16,24,26H,1,8,17-19H2,2-6H3,(H2,31,35)(H,32,36)(H,33,38). The molecule has 4 N–H and O–H groups in total. The second-order valence-corrected chi connectivity index (χ2v) is 10.3. The van der Waals surface area contributed by atoms with Crippen molar-refractivity contribution >= 4 is 29.5 Å². The van der Waals surface area contributed by atoms with Gasteiger partial charge in [-0.15, -0.1) is 6.58 Å². The molecule has 2 atom stereocenters. The molecule has 9 heteroatoms. The molecular formula is C30H40N4O5. The molecule has 4 amide bonds. The molecule has 2 unspecified atom stereocenters. The molecule has 0 aliphatic carbocycles. The Labute approximate surface area is 230 Å². The van der Waals surface area contributed by atoms with Crippen LogP contribution in [0.2, 0.25) is 0 Å². The Morgan fingerprint density at radius 3 is 2.26 bits per heavy atom. The number of alkyl carbamates (subject to hydrolysis) is 1. The highest BCUT2D eigenvalue weighted by molar-refractivity contribution is 5.99. The van der Waals surface area contributed by atoms with Crippen molar-refractivity contribution in [2.45, 2.75) is 71.6 Å². The number of primary amides is 1. The van der Waals surface area contributed by atoms with Crippen LogP contribution in [0.15, 0.2) is 61.2 Å². The first kappa shape index (κ1) is 31.1. The molecule has 0 aliphatic heterocycles. The molecule has 0 aliphatic rings. The molecule has 210 valence electrons. The summed E-state index contributed by atoms with van der Waals surface area (Å²) in [6.45, 7) is 12.8. The van der Waals surface area contributed by atoms with Gasteiger partial charge in [-0.3, -0.25) is 14.4 Å². The highest BCUT2D eigenvalue weighted by Crippen LogP contribution is 2.26. The third-order valence-electron chi connectivity index (χ3n) is 5.94. The van der Waals surface area contributed by atoms with Crippen LogP contribution in [0.25, 0.3) is 0 Å². The first-order valence-corrected chi connectivity index (χ1v) is 13.0. The van der Waals surface area contributed by atoms with E-state index < -0.39 is 41.5 Å². The predicted molar refractivity (Wildman–Crippen MR) is 152 cm³/mol. The van der Waals surface area contributed by atoms with E-state index in [1.165, 1.54) is 11.0 Å². The van der Waals surface area contributed by atoms with Gasteiger partial charge in [-0.25, -0.2) is 4.79 Å². The van der Waals surface area contributed by atoms with E-state index in [9.17, 15) is 19.2 Å². The summed E-state index contributed by atoms with van der Waals surface area (Å²) in [5.74, 6) is -1.64. The van der Waals surface area contributed by atoms with Gasteiger partial charge in [0.1, 0.15) is 17.7 Å². The van der Waals surface area contributed by atoms with E-state index in [0.717, 1.165) is 17.5 Å². The third kappa shape index (κ3) is 9.59. The fraction of sp³-hybridized carbons (Fsp3) is 0.400. The van der Waals surface area contributed by atoms with Crippen molar-refractivity contribution in [1.29, 1.82) is 0 Å². The maximum absolute atomic E-state index is 14.0. The van der Waals surface area contributed by atoms with Gasteiger partial charge in [0.05, 0.1) is 0 Å². The summed E-state index contributed by atoms with van der Waals surface area (Å²) in [6, 6.07) is 12.5. The Balaban J connectivity index is 2.52. The number of carbonyl (C=O) groups excluding carboxylic acids is 4. The maximum atomic E-state index is 14.0. The minimum absolute atomic E-state index is 0.00326. The number of aryl methyl sites for hydroxylation is 2. The quantitative estimate of drug-likeness (QED) is 0.346. The lowest BCUT2D eigenvalue weighted by atomic mass is 9.99. The molecule has 0 spiro atoms. The van der Waals surface area contributed by atoms with Gasteiger partial charge in [0.2, 0.25) is 11.8 Å². The molecule has 2 rings (SSSR count). The number of nitrogens with one attached hydrogen (secondary N) is 2. The molecule has 0 saturated heterocycles. The number of carbonyl (C=O) groups is 4. The monoisotopic (exact) mass is 536 g/mol. The number of rotatable bonds is 12. The summed E-state index contributed by atoms with van der Waals surface area (Å²) in [6.07, 6.45) is 1.27. The van der Waals surface area contributed by atoms with E-state index in [4.69, 9.17) is 10.5 Å². The summed E-state index contributed by atoms with van der Waals surface area (Å²) in [5, 5.41) is 5.50. The summed E-state index contributed by atoms with van der Waals surface area (Å²) >= 11 is 0. The van der Waals surface area contributed by atoms with Gasteiger partial charge in [-0.2, -0.15) is 0 Å². The van der Waals surface area contributed by atoms with Crippen LogP contribution in [0, 0.1) is 6.92 Å². The van der Waals surface area contributed by atoms with Crippen LogP contribution >= 0.6 is 0 Å². The smallest absolute Gasteiger partial charge is 0.408 e. The minimum atomic E-state index is -1.17. The van der Waals surface area contributed by atoms with Crippen molar-refractivity contribution in [2.24, 2.45) is 5.73 Å². The first-order chi connectivity index (χ1) is 18.4. The Hall–Kier alpha value is -4.14. The van der Waals surface area contributed by atoms with E-state index >= 15 is 0 Å². The summed E-state index contributed by atoms with van der Waals surface area (Å²) < 4.78 is 5.34. The molecule has 0 aromatic heterocycles. The zero-order chi connectivity index (χ0) is 29.2. The molecule has 2 aromatic carbocycles. The number of hydrogen-bond donors (Lipinski definition) is 3. The summed E-state index contributed by atoms with van der Waals surface area (Å²) in [4.78, 5) is 53.3. The molecule has 0 radical (unpaired) electrons. The number of amides is 4. The largest absolute Gasteiger partial charge is 0.444 e. The number of nitrogens with two attached hydrogens (primary N) is 1. The molecule has 39 heavy (non-hydrogen) atoms. The van der Waals surface area contributed by atoms with Crippen LogP contribution in [0.4, 0.5) is 10.5 Å².